The molecule has 1 aliphatic heterocycles. The van der Waals surface area contributed by atoms with Gasteiger partial charge in [-0.2, -0.15) is 0 Å². The molecule has 2 unspecified atom stereocenters. The number of aryl methyl sites for hydroxylation is 1. The summed E-state index contributed by atoms with van der Waals surface area (Å²) in [6, 6.07) is 4.54. The molecule has 2 aromatic heterocycles. The van der Waals surface area contributed by atoms with Crippen molar-refractivity contribution in [3.63, 3.8) is 0 Å². The highest BCUT2D eigenvalue weighted by Gasteiger charge is 2.25. The average molecular weight is 244 g/mol. The van der Waals surface area contributed by atoms with E-state index in [9.17, 15) is 0 Å². The van der Waals surface area contributed by atoms with Gasteiger partial charge in [-0.05, 0) is 49.9 Å². The summed E-state index contributed by atoms with van der Waals surface area (Å²) in [5.74, 6) is 1.87. The highest BCUT2D eigenvalue weighted by Crippen LogP contribution is 2.28. The van der Waals surface area contributed by atoms with Crippen LogP contribution in [0.25, 0.3) is 5.65 Å². The lowest BCUT2D eigenvalue weighted by molar-refractivity contribution is 0.290. The molecule has 18 heavy (non-hydrogen) atoms. The Hall–Kier alpha value is -1.42. The molecular formula is C14H20N4. The normalized spacial score (nSPS) is 24.6. The molecule has 4 heteroatoms. The zero-order valence-electron chi connectivity index (χ0n) is 11.1. The van der Waals surface area contributed by atoms with Crippen molar-refractivity contribution in [2.45, 2.75) is 39.2 Å². The fourth-order valence-corrected chi connectivity index (χ4v) is 2.81. The second kappa shape index (κ2) is 4.69. The molecule has 0 amide bonds. The summed E-state index contributed by atoms with van der Waals surface area (Å²) in [5.41, 5.74) is 2.18. The molecular weight excluding hydrogens is 224 g/mol. The van der Waals surface area contributed by atoms with Gasteiger partial charge in [0.25, 0.3) is 0 Å². The highest BCUT2D eigenvalue weighted by atomic mass is 15.3. The molecule has 1 saturated heterocycles. The van der Waals surface area contributed by atoms with Crippen LogP contribution in [-0.2, 0) is 0 Å². The van der Waals surface area contributed by atoms with E-state index >= 15 is 0 Å². The fraction of sp³-hybridized carbons (Fsp3) is 0.571. The monoisotopic (exact) mass is 244 g/mol. The van der Waals surface area contributed by atoms with Crippen LogP contribution >= 0.6 is 0 Å². The van der Waals surface area contributed by atoms with Gasteiger partial charge in [0.05, 0.1) is 6.04 Å². The standard InChI is InChI=1S/C14H20N4/c1-3-11-4-6-15-12(9-11)14-17-16-13-8-10(2)5-7-18(13)14/h5,7-8,11-12,15H,3-4,6,9H2,1-2H3. The van der Waals surface area contributed by atoms with Crippen molar-refractivity contribution in [3.8, 4) is 0 Å². The number of hydrogen-bond acceptors (Lipinski definition) is 3. The first-order valence-electron chi connectivity index (χ1n) is 6.82. The van der Waals surface area contributed by atoms with E-state index in [1.165, 1.54) is 24.8 Å². The maximum atomic E-state index is 4.38. The number of pyridine rings is 1. The number of fused-ring (bicyclic) bond motifs is 1. The number of aromatic nitrogens is 3. The van der Waals surface area contributed by atoms with Crippen molar-refractivity contribution < 1.29 is 0 Å². The van der Waals surface area contributed by atoms with Gasteiger partial charge in [0.2, 0.25) is 0 Å². The molecule has 2 aromatic rings. The van der Waals surface area contributed by atoms with Gasteiger partial charge in [-0.3, -0.25) is 4.40 Å². The Morgan fingerprint density at radius 2 is 2.33 bits per heavy atom. The summed E-state index contributed by atoms with van der Waals surface area (Å²) in [6.07, 6.45) is 5.79. The van der Waals surface area contributed by atoms with Gasteiger partial charge in [0.15, 0.2) is 11.5 Å². The second-order valence-corrected chi connectivity index (χ2v) is 5.30. The number of nitrogens with zero attached hydrogens (tertiary/aromatic N) is 3. The van der Waals surface area contributed by atoms with Crippen molar-refractivity contribution in [3.05, 3.63) is 29.7 Å². The summed E-state index contributed by atoms with van der Waals surface area (Å²) >= 11 is 0. The van der Waals surface area contributed by atoms with E-state index in [0.717, 1.165) is 23.9 Å². The molecule has 0 bridgehead atoms. The smallest absolute Gasteiger partial charge is 0.161 e. The van der Waals surface area contributed by atoms with Crippen molar-refractivity contribution in [2.75, 3.05) is 6.54 Å². The molecule has 96 valence electrons. The third-order valence-electron chi connectivity index (χ3n) is 3.99. The van der Waals surface area contributed by atoms with Gasteiger partial charge < -0.3 is 5.32 Å². The first-order chi connectivity index (χ1) is 8.78. The minimum atomic E-state index is 0.349. The summed E-state index contributed by atoms with van der Waals surface area (Å²) < 4.78 is 2.11. The first-order valence-corrected chi connectivity index (χ1v) is 6.82. The SMILES string of the molecule is CCC1CCNC(c2nnc3cc(C)ccn23)C1. The number of nitrogens with one attached hydrogen (secondary N) is 1. The number of piperidine rings is 1. The number of hydrogen-bond donors (Lipinski definition) is 1. The maximum Gasteiger partial charge on any atom is 0.161 e. The number of rotatable bonds is 2. The zero-order valence-corrected chi connectivity index (χ0v) is 11.1. The van der Waals surface area contributed by atoms with Crippen molar-refractivity contribution in [1.82, 2.24) is 19.9 Å². The molecule has 0 aliphatic carbocycles. The van der Waals surface area contributed by atoms with Crippen LogP contribution in [0.3, 0.4) is 0 Å². The summed E-state index contributed by atoms with van der Waals surface area (Å²) in [5, 5.41) is 12.2. The van der Waals surface area contributed by atoms with Crippen LogP contribution in [0.1, 0.15) is 43.6 Å². The average Bonchev–Trinajstić information content (AvgIpc) is 2.81. The topological polar surface area (TPSA) is 42.2 Å². The van der Waals surface area contributed by atoms with Gasteiger partial charge >= 0.3 is 0 Å². The zero-order chi connectivity index (χ0) is 12.5. The largest absolute Gasteiger partial charge is 0.307 e. The summed E-state index contributed by atoms with van der Waals surface area (Å²) in [6.45, 7) is 5.45. The van der Waals surface area contributed by atoms with Gasteiger partial charge in [-0.1, -0.05) is 13.3 Å². The third-order valence-corrected chi connectivity index (χ3v) is 3.99. The quantitative estimate of drug-likeness (QED) is 0.882. The maximum absolute atomic E-state index is 4.38. The van der Waals surface area contributed by atoms with Crippen LogP contribution in [0.4, 0.5) is 0 Å². The van der Waals surface area contributed by atoms with Crippen LogP contribution in [0.5, 0.6) is 0 Å². The van der Waals surface area contributed by atoms with Crippen LogP contribution in [0.2, 0.25) is 0 Å². The molecule has 4 nitrogen and oxygen atoms in total. The Bertz CT molecular complexity index is 546. The fourth-order valence-electron chi connectivity index (χ4n) is 2.81. The lowest BCUT2D eigenvalue weighted by atomic mass is 9.90. The van der Waals surface area contributed by atoms with Gasteiger partial charge in [-0.25, -0.2) is 0 Å². The van der Waals surface area contributed by atoms with Crippen LogP contribution in [0, 0.1) is 12.8 Å². The molecule has 0 spiro atoms. The van der Waals surface area contributed by atoms with E-state index in [0.29, 0.717) is 6.04 Å². The van der Waals surface area contributed by atoms with Gasteiger partial charge in [0.1, 0.15) is 0 Å². The minimum Gasteiger partial charge on any atom is -0.307 e. The lowest BCUT2D eigenvalue weighted by Crippen LogP contribution is -2.32. The Kier molecular flexibility index (Phi) is 3.04. The Morgan fingerprint density at radius 1 is 1.44 bits per heavy atom. The van der Waals surface area contributed by atoms with E-state index < -0.39 is 0 Å². The van der Waals surface area contributed by atoms with Gasteiger partial charge in [0, 0.05) is 6.20 Å². The Balaban J connectivity index is 1.94. The molecule has 0 aromatic carbocycles. The highest BCUT2D eigenvalue weighted by molar-refractivity contribution is 5.41. The Morgan fingerprint density at radius 3 is 3.17 bits per heavy atom. The molecule has 2 atom stereocenters. The van der Waals surface area contributed by atoms with Crippen molar-refractivity contribution >= 4 is 5.65 Å². The van der Waals surface area contributed by atoms with Crippen molar-refractivity contribution in [2.24, 2.45) is 5.92 Å². The molecule has 1 N–H and O–H groups in total. The second-order valence-electron chi connectivity index (χ2n) is 5.30. The van der Waals surface area contributed by atoms with Crippen molar-refractivity contribution in [1.29, 1.82) is 0 Å². The van der Waals surface area contributed by atoms with E-state index in [1.54, 1.807) is 0 Å². The van der Waals surface area contributed by atoms with E-state index in [-0.39, 0.29) is 0 Å². The van der Waals surface area contributed by atoms with Crippen LogP contribution in [-0.4, -0.2) is 21.1 Å². The Labute approximate surface area is 107 Å². The van der Waals surface area contributed by atoms with E-state index in [1.807, 2.05) is 0 Å². The summed E-state index contributed by atoms with van der Waals surface area (Å²) in [7, 11) is 0. The molecule has 1 fully saturated rings. The van der Waals surface area contributed by atoms with E-state index in [2.05, 4.69) is 52.1 Å². The predicted molar refractivity (Wildman–Crippen MR) is 71.5 cm³/mol. The molecule has 1 aliphatic rings. The predicted octanol–water partition coefficient (Wildman–Crippen LogP) is 2.49. The lowest BCUT2D eigenvalue weighted by Gasteiger charge is -2.28. The van der Waals surface area contributed by atoms with Crippen LogP contribution < -0.4 is 5.32 Å². The minimum absolute atomic E-state index is 0.349. The summed E-state index contributed by atoms with van der Waals surface area (Å²) in [4.78, 5) is 0. The molecule has 3 heterocycles. The molecule has 0 radical (unpaired) electrons. The molecule has 3 rings (SSSR count). The third kappa shape index (κ3) is 2.01. The molecule has 0 saturated carbocycles. The van der Waals surface area contributed by atoms with E-state index in [4.69, 9.17) is 0 Å². The first kappa shape index (κ1) is 11.7. The van der Waals surface area contributed by atoms with Crippen LogP contribution in [0.15, 0.2) is 18.3 Å². The van der Waals surface area contributed by atoms with Gasteiger partial charge in [-0.15, -0.1) is 10.2 Å².